The minimum absolute atomic E-state index is 0. The van der Waals surface area contributed by atoms with E-state index in [0.717, 1.165) is 12.8 Å². The summed E-state index contributed by atoms with van der Waals surface area (Å²) >= 11 is 0. The lowest BCUT2D eigenvalue weighted by atomic mass is 9.89. The van der Waals surface area contributed by atoms with E-state index in [2.05, 4.69) is 10.6 Å². The number of halogens is 1. The van der Waals surface area contributed by atoms with Gasteiger partial charge in [-0.05, 0) is 38.5 Å². The number of hydrogen-bond donors (Lipinski definition) is 2. The van der Waals surface area contributed by atoms with Crippen molar-refractivity contribution in [1.82, 2.24) is 15.5 Å². The van der Waals surface area contributed by atoms with Crippen LogP contribution in [0.25, 0.3) is 0 Å². The first-order chi connectivity index (χ1) is 10.6. The molecule has 0 aliphatic carbocycles. The summed E-state index contributed by atoms with van der Waals surface area (Å²) in [5.41, 5.74) is 0. The molecule has 3 saturated heterocycles. The average Bonchev–Trinajstić information content (AvgIpc) is 2.86. The number of rotatable bonds is 4. The van der Waals surface area contributed by atoms with Crippen LogP contribution in [0, 0.1) is 5.92 Å². The standard InChI is InChI=1S/C16H27N3O3.ClH/c1-11(16(21)19-4-6-22-7-5-19)17-15(20)10-12-8-13-2-3-14(9-12)18-13;/h11-14,18H,2-10H2,1H3,(H,17,20);1H. The Morgan fingerprint density at radius 2 is 1.83 bits per heavy atom. The van der Waals surface area contributed by atoms with E-state index in [4.69, 9.17) is 4.74 Å². The Balaban J connectivity index is 0.00000192. The Morgan fingerprint density at radius 3 is 2.43 bits per heavy atom. The maximum atomic E-state index is 12.3. The molecular weight excluding hydrogens is 318 g/mol. The van der Waals surface area contributed by atoms with Gasteiger partial charge in [-0.2, -0.15) is 0 Å². The number of piperidine rings is 1. The summed E-state index contributed by atoms with van der Waals surface area (Å²) in [5.74, 6) is 0.479. The quantitative estimate of drug-likeness (QED) is 0.786. The molecule has 132 valence electrons. The van der Waals surface area contributed by atoms with Crippen molar-refractivity contribution >= 4 is 24.2 Å². The molecule has 3 unspecified atom stereocenters. The third-order valence-electron chi connectivity index (χ3n) is 5.12. The van der Waals surface area contributed by atoms with Crippen molar-refractivity contribution in [3.63, 3.8) is 0 Å². The summed E-state index contributed by atoms with van der Waals surface area (Å²) in [6, 6.07) is 0.761. The summed E-state index contributed by atoms with van der Waals surface area (Å²) in [7, 11) is 0. The number of nitrogens with one attached hydrogen (secondary N) is 2. The molecule has 2 N–H and O–H groups in total. The van der Waals surface area contributed by atoms with E-state index in [0.29, 0.717) is 50.7 Å². The van der Waals surface area contributed by atoms with E-state index in [1.165, 1.54) is 12.8 Å². The highest BCUT2D eigenvalue weighted by molar-refractivity contribution is 5.87. The first-order valence-electron chi connectivity index (χ1n) is 8.54. The van der Waals surface area contributed by atoms with Crippen molar-refractivity contribution < 1.29 is 14.3 Å². The van der Waals surface area contributed by atoms with E-state index in [-0.39, 0.29) is 24.2 Å². The summed E-state index contributed by atoms with van der Waals surface area (Å²) in [4.78, 5) is 26.3. The molecule has 0 aromatic rings. The lowest BCUT2D eigenvalue weighted by Gasteiger charge is -2.31. The van der Waals surface area contributed by atoms with Gasteiger partial charge in [-0.15, -0.1) is 12.4 Å². The highest BCUT2D eigenvalue weighted by Crippen LogP contribution is 2.32. The maximum Gasteiger partial charge on any atom is 0.245 e. The Labute approximate surface area is 144 Å². The molecule has 3 aliphatic heterocycles. The second kappa shape index (κ2) is 8.31. The predicted octanol–water partition coefficient (Wildman–Crippen LogP) is 0.692. The Kier molecular flexibility index (Phi) is 6.68. The van der Waals surface area contributed by atoms with E-state index < -0.39 is 6.04 Å². The van der Waals surface area contributed by atoms with Gasteiger partial charge in [-0.3, -0.25) is 9.59 Å². The molecule has 0 radical (unpaired) electrons. The molecule has 2 bridgehead atoms. The molecule has 2 amide bonds. The topological polar surface area (TPSA) is 70.7 Å². The van der Waals surface area contributed by atoms with Gasteiger partial charge in [-0.1, -0.05) is 0 Å². The molecule has 3 rings (SSSR count). The van der Waals surface area contributed by atoms with Gasteiger partial charge < -0.3 is 20.3 Å². The lowest BCUT2D eigenvalue weighted by Crippen LogP contribution is -2.50. The Morgan fingerprint density at radius 1 is 1.22 bits per heavy atom. The van der Waals surface area contributed by atoms with Gasteiger partial charge in [0.15, 0.2) is 0 Å². The third-order valence-corrected chi connectivity index (χ3v) is 5.12. The number of carbonyl (C=O) groups is 2. The minimum Gasteiger partial charge on any atom is -0.378 e. The normalized spacial score (nSPS) is 31.2. The molecule has 23 heavy (non-hydrogen) atoms. The van der Waals surface area contributed by atoms with Crippen LogP contribution in [0.15, 0.2) is 0 Å². The first-order valence-corrected chi connectivity index (χ1v) is 8.54. The van der Waals surface area contributed by atoms with Crippen LogP contribution in [0.3, 0.4) is 0 Å². The number of hydrogen-bond acceptors (Lipinski definition) is 4. The summed E-state index contributed by atoms with van der Waals surface area (Å²) in [5, 5.41) is 6.47. The second-order valence-corrected chi connectivity index (χ2v) is 6.91. The fourth-order valence-corrected chi connectivity index (χ4v) is 4.02. The fourth-order valence-electron chi connectivity index (χ4n) is 4.02. The number of amides is 2. The Bertz CT molecular complexity index is 417. The zero-order valence-corrected chi connectivity index (χ0v) is 14.6. The van der Waals surface area contributed by atoms with Gasteiger partial charge >= 0.3 is 0 Å². The molecule has 3 fully saturated rings. The van der Waals surface area contributed by atoms with Gasteiger partial charge in [-0.25, -0.2) is 0 Å². The lowest BCUT2D eigenvalue weighted by molar-refractivity contribution is -0.139. The van der Waals surface area contributed by atoms with Crippen LogP contribution >= 0.6 is 12.4 Å². The zero-order valence-electron chi connectivity index (χ0n) is 13.8. The highest BCUT2D eigenvalue weighted by Gasteiger charge is 2.34. The van der Waals surface area contributed by atoms with Crippen molar-refractivity contribution in [3.8, 4) is 0 Å². The van der Waals surface area contributed by atoms with Crippen LogP contribution in [-0.4, -0.2) is 61.1 Å². The van der Waals surface area contributed by atoms with Gasteiger partial charge in [0.1, 0.15) is 6.04 Å². The molecule has 3 aliphatic rings. The van der Waals surface area contributed by atoms with E-state index in [9.17, 15) is 9.59 Å². The molecule has 6 nitrogen and oxygen atoms in total. The SMILES string of the molecule is CC(NC(=O)CC1CC2CCC(C1)N2)C(=O)N1CCOCC1.Cl. The average molecular weight is 346 g/mol. The second-order valence-electron chi connectivity index (χ2n) is 6.91. The third kappa shape index (κ3) is 4.81. The van der Waals surface area contributed by atoms with E-state index in [1.54, 1.807) is 11.8 Å². The van der Waals surface area contributed by atoms with Crippen LogP contribution in [0.2, 0.25) is 0 Å². The number of nitrogens with zero attached hydrogens (tertiary/aromatic N) is 1. The summed E-state index contributed by atoms with van der Waals surface area (Å²) in [6.07, 6.45) is 5.23. The molecular formula is C16H28ClN3O3. The zero-order chi connectivity index (χ0) is 15.5. The van der Waals surface area contributed by atoms with Crippen LogP contribution in [-0.2, 0) is 14.3 Å². The summed E-state index contributed by atoms with van der Waals surface area (Å²) < 4.78 is 5.25. The van der Waals surface area contributed by atoms with E-state index in [1.807, 2.05) is 0 Å². The van der Waals surface area contributed by atoms with Gasteiger partial charge in [0.25, 0.3) is 0 Å². The van der Waals surface area contributed by atoms with Crippen molar-refractivity contribution in [2.75, 3.05) is 26.3 Å². The molecule has 0 aromatic heterocycles. The van der Waals surface area contributed by atoms with Crippen molar-refractivity contribution in [1.29, 1.82) is 0 Å². The largest absolute Gasteiger partial charge is 0.378 e. The number of fused-ring (bicyclic) bond motifs is 2. The number of morpholine rings is 1. The van der Waals surface area contributed by atoms with Crippen molar-refractivity contribution in [3.05, 3.63) is 0 Å². The molecule has 0 aromatic carbocycles. The van der Waals surface area contributed by atoms with Crippen LogP contribution < -0.4 is 10.6 Å². The number of ether oxygens (including phenoxy) is 1. The van der Waals surface area contributed by atoms with E-state index >= 15 is 0 Å². The first kappa shape index (κ1) is 18.5. The molecule has 3 heterocycles. The predicted molar refractivity (Wildman–Crippen MR) is 89.5 cm³/mol. The number of carbonyl (C=O) groups excluding carboxylic acids is 2. The fraction of sp³-hybridized carbons (Fsp3) is 0.875. The van der Waals surface area contributed by atoms with Crippen LogP contribution in [0.1, 0.15) is 39.0 Å². The monoisotopic (exact) mass is 345 g/mol. The molecule has 3 atom stereocenters. The molecule has 0 spiro atoms. The van der Waals surface area contributed by atoms with Crippen molar-refractivity contribution in [2.45, 2.75) is 57.2 Å². The Hall–Kier alpha value is -0.850. The van der Waals surface area contributed by atoms with Crippen LogP contribution in [0.4, 0.5) is 0 Å². The van der Waals surface area contributed by atoms with Gasteiger partial charge in [0.05, 0.1) is 13.2 Å². The minimum atomic E-state index is -0.441. The van der Waals surface area contributed by atoms with Crippen LogP contribution in [0.5, 0.6) is 0 Å². The smallest absolute Gasteiger partial charge is 0.245 e. The maximum absolute atomic E-state index is 12.3. The summed E-state index contributed by atoms with van der Waals surface area (Å²) in [6.45, 7) is 4.20. The van der Waals surface area contributed by atoms with Crippen molar-refractivity contribution in [2.24, 2.45) is 5.92 Å². The van der Waals surface area contributed by atoms with Gasteiger partial charge in [0.2, 0.25) is 11.8 Å². The molecule has 0 saturated carbocycles. The highest BCUT2D eigenvalue weighted by atomic mass is 35.5. The van der Waals surface area contributed by atoms with Gasteiger partial charge in [0, 0.05) is 31.6 Å². The molecule has 7 heteroatoms.